The summed E-state index contributed by atoms with van der Waals surface area (Å²) < 4.78 is 6.64. The number of nitro benzene ring substituents is 1. The Balaban J connectivity index is 2.29. The zero-order valence-corrected chi connectivity index (χ0v) is 11.1. The molecule has 0 atom stereocenters. The molecule has 1 aromatic rings. The van der Waals surface area contributed by atoms with Crippen LogP contribution in [0.15, 0.2) is 24.3 Å². The summed E-state index contributed by atoms with van der Waals surface area (Å²) in [4.78, 5) is 10.00. The van der Waals surface area contributed by atoms with Crippen LogP contribution in [-0.2, 0) is 0 Å². The molecule has 0 aromatic heterocycles. The summed E-state index contributed by atoms with van der Waals surface area (Å²) in [5, 5.41) is 10.4. The van der Waals surface area contributed by atoms with E-state index in [4.69, 9.17) is 4.74 Å². The van der Waals surface area contributed by atoms with Gasteiger partial charge in [-0.05, 0) is 35.8 Å². The Labute approximate surface area is 108 Å². The van der Waals surface area contributed by atoms with E-state index in [-0.39, 0.29) is 5.69 Å². The minimum Gasteiger partial charge on any atom is -0.494 e. The number of unbranched alkanes of at least 4 members (excludes halogenated alkanes) is 2. The number of hydrogen-bond acceptors (Lipinski definition) is 3. The van der Waals surface area contributed by atoms with Gasteiger partial charge in [-0.2, -0.15) is 0 Å². The fourth-order valence-electron chi connectivity index (χ4n) is 1.23. The highest BCUT2D eigenvalue weighted by molar-refractivity contribution is 14.1. The van der Waals surface area contributed by atoms with E-state index in [0.29, 0.717) is 12.4 Å². The summed E-state index contributed by atoms with van der Waals surface area (Å²) in [5.74, 6) is 0.695. The van der Waals surface area contributed by atoms with Gasteiger partial charge in [-0.25, -0.2) is 0 Å². The van der Waals surface area contributed by atoms with E-state index < -0.39 is 4.92 Å². The van der Waals surface area contributed by atoms with Crippen LogP contribution in [0.3, 0.4) is 0 Å². The number of nitrogens with zero attached hydrogens (tertiary/aromatic N) is 1. The highest BCUT2D eigenvalue weighted by atomic mass is 127. The molecule has 0 unspecified atom stereocenters. The molecule has 4 nitrogen and oxygen atoms in total. The molecule has 0 aliphatic heterocycles. The van der Waals surface area contributed by atoms with Gasteiger partial charge in [-0.15, -0.1) is 0 Å². The van der Waals surface area contributed by atoms with Crippen molar-refractivity contribution in [3.63, 3.8) is 0 Å². The molecule has 0 aliphatic rings. The average molecular weight is 335 g/mol. The lowest BCUT2D eigenvalue weighted by atomic mass is 10.2. The summed E-state index contributed by atoms with van der Waals surface area (Å²) in [5.41, 5.74) is 0.0947. The van der Waals surface area contributed by atoms with Gasteiger partial charge in [-0.3, -0.25) is 10.1 Å². The van der Waals surface area contributed by atoms with Crippen molar-refractivity contribution in [1.82, 2.24) is 0 Å². The molecule has 5 heteroatoms. The van der Waals surface area contributed by atoms with E-state index in [1.54, 1.807) is 12.1 Å². The van der Waals surface area contributed by atoms with Crippen molar-refractivity contribution in [1.29, 1.82) is 0 Å². The molecule has 0 bridgehead atoms. The molecule has 0 heterocycles. The number of non-ortho nitro benzene ring substituents is 1. The lowest BCUT2D eigenvalue weighted by molar-refractivity contribution is -0.384. The van der Waals surface area contributed by atoms with Crippen LogP contribution in [0, 0.1) is 10.1 Å². The summed E-state index contributed by atoms with van der Waals surface area (Å²) in [6, 6.07) is 6.19. The first kappa shape index (κ1) is 13.2. The van der Waals surface area contributed by atoms with Crippen LogP contribution in [0.1, 0.15) is 19.3 Å². The predicted octanol–water partition coefficient (Wildman–Crippen LogP) is 3.58. The Bertz CT molecular complexity index is 327. The predicted molar refractivity (Wildman–Crippen MR) is 71.3 cm³/mol. The van der Waals surface area contributed by atoms with Gasteiger partial charge >= 0.3 is 0 Å². The number of benzene rings is 1. The number of hydrogen-bond donors (Lipinski definition) is 0. The average Bonchev–Trinajstić information content (AvgIpc) is 2.29. The molecule has 1 aromatic carbocycles. The molecule has 1 rings (SSSR count). The molecule has 0 fully saturated rings. The first-order valence-corrected chi connectivity index (χ1v) is 6.70. The molecule has 0 amide bonds. The molecule has 88 valence electrons. The smallest absolute Gasteiger partial charge is 0.269 e. The van der Waals surface area contributed by atoms with Gasteiger partial charge in [-0.1, -0.05) is 22.6 Å². The molecule has 16 heavy (non-hydrogen) atoms. The van der Waals surface area contributed by atoms with Gasteiger partial charge < -0.3 is 4.74 Å². The Kier molecular flexibility index (Phi) is 6.14. The van der Waals surface area contributed by atoms with E-state index in [1.165, 1.54) is 23.0 Å². The van der Waals surface area contributed by atoms with Gasteiger partial charge in [0.1, 0.15) is 5.75 Å². The maximum atomic E-state index is 10.4. The molecule has 0 N–H and O–H groups in total. The minimum absolute atomic E-state index is 0.0947. The SMILES string of the molecule is O=[N+]([O-])c1ccc(OCCCCCI)cc1. The number of ether oxygens (including phenoxy) is 1. The van der Waals surface area contributed by atoms with Crippen molar-refractivity contribution in [2.24, 2.45) is 0 Å². The van der Waals surface area contributed by atoms with Crippen LogP contribution in [0.4, 0.5) is 5.69 Å². The Morgan fingerprint density at radius 3 is 2.44 bits per heavy atom. The van der Waals surface area contributed by atoms with Crippen molar-refractivity contribution in [2.45, 2.75) is 19.3 Å². The van der Waals surface area contributed by atoms with Gasteiger partial charge in [0.15, 0.2) is 0 Å². The number of alkyl halides is 1. The van der Waals surface area contributed by atoms with Crippen molar-refractivity contribution >= 4 is 28.3 Å². The van der Waals surface area contributed by atoms with Crippen molar-refractivity contribution in [3.05, 3.63) is 34.4 Å². The standard InChI is InChI=1S/C11H14INO3/c12-8-2-1-3-9-16-11-6-4-10(5-7-11)13(14)15/h4-7H,1-3,8-9H2. The van der Waals surface area contributed by atoms with Crippen LogP contribution in [0.2, 0.25) is 0 Å². The zero-order valence-electron chi connectivity index (χ0n) is 8.89. The van der Waals surface area contributed by atoms with E-state index in [1.807, 2.05) is 0 Å². The molecule has 0 aliphatic carbocycles. The van der Waals surface area contributed by atoms with E-state index >= 15 is 0 Å². The number of nitro groups is 1. The normalized spacial score (nSPS) is 10.1. The van der Waals surface area contributed by atoms with Gasteiger partial charge in [0.2, 0.25) is 0 Å². The van der Waals surface area contributed by atoms with Gasteiger partial charge in [0.05, 0.1) is 11.5 Å². The maximum absolute atomic E-state index is 10.4. The summed E-state index contributed by atoms with van der Waals surface area (Å²) in [6.45, 7) is 0.675. The molecular weight excluding hydrogens is 321 g/mol. The van der Waals surface area contributed by atoms with E-state index in [0.717, 1.165) is 12.8 Å². The van der Waals surface area contributed by atoms with Crippen LogP contribution < -0.4 is 4.74 Å². The second kappa shape index (κ2) is 7.43. The van der Waals surface area contributed by atoms with E-state index in [9.17, 15) is 10.1 Å². The van der Waals surface area contributed by atoms with E-state index in [2.05, 4.69) is 22.6 Å². The second-order valence-corrected chi connectivity index (χ2v) is 4.43. The molecule has 0 radical (unpaired) electrons. The largest absolute Gasteiger partial charge is 0.494 e. The van der Waals surface area contributed by atoms with Crippen LogP contribution in [0.5, 0.6) is 5.75 Å². The third-order valence-electron chi connectivity index (χ3n) is 2.09. The highest BCUT2D eigenvalue weighted by Crippen LogP contribution is 2.17. The lowest BCUT2D eigenvalue weighted by Gasteiger charge is -2.04. The first-order chi connectivity index (χ1) is 7.74. The fourth-order valence-corrected chi connectivity index (χ4v) is 1.77. The third kappa shape index (κ3) is 4.78. The molecule has 0 saturated carbocycles. The summed E-state index contributed by atoms with van der Waals surface area (Å²) >= 11 is 2.36. The molecular formula is C11H14INO3. The Morgan fingerprint density at radius 2 is 1.88 bits per heavy atom. The highest BCUT2D eigenvalue weighted by Gasteiger charge is 2.03. The molecule has 0 spiro atoms. The van der Waals surface area contributed by atoms with Crippen molar-refractivity contribution in [3.8, 4) is 5.75 Å². The minimum atomic E-state index is -0.413. The fraction of sp³-hybridized carbons (Fsp3) is 0.455. The van der Waals surface area contributed by atoms with Crippen molar-refractivity contribution in [2.75, 3.05) is 11.0 Å². The van der Waals surface area contributed by atoms with Crippen LogP contribution in [0.25, 0.3) is 0 Å². The van der Waals surface area contributed by atoms with Crippen LogP contribution >= 0.6 is 22.6 Å². The molecule has 0 saturated heterocycles. The first-order valence-electron chi connectivity index (χ1n) is 5.17. The van der Waals surface area contributed by atoms with Crippen molar-refractivity contribution < 1.29 is 9.66 Å². The summed E-state index contributed by atoms with van der Waals surface area (Å²) in [7, 11) is 0. The quantitative estimate of drug-likeness (QED) is 0.252. The Hall–Kier alpha value is -0.850. The van der Waals surface area contributed by atoms with Gasteiger partial charge in [0, 0.05) is 12.1 Å². The third-order valence-corrected chi connectivity index (χ3v) is 2.86. The lowest BCUT2D eigenvalue weighted by Crippen LogP contribution is -1.97. The van der Waals surface area contributed by atoms with Crippen LogP contribution in [-0.4, -0.2) is 16.0 Å². The topological polar surface area (TPSA) is 52.4 Å². The monoisotopic (exact) mass is 335 g/mol. The Morgan fingerprint density at radius 1 is 1.19 bits per heavy atom. The summed E-state index contributed by atoms with van der Waals surface area (Å²) in [6.07, 6.45) is 3.40. The zero-order chi connectivity index (χ0) is 11.8. The number of rotatable bonds is 7. The second-order valence-electron chi connectivity index (χ2n) is 3.35. The number of halogens is 1. The maximum Gasteiger partial charge on any atom is 0.269 e. The van der Waals surface area contributed by atoms with Gasteiger partial charge in [0.25, 0.3) is 5.69 Å².